The number of hydrogen-bond donors (Lipinski definition) is 1. The Hall–Kier alpha value is -2.69. The van der Waals surface area contributed by atoms with Gasteiger partial charge in [-0.25, -0.2) is 9.29 Å². The highest BCUT2D eigenvalue weighted by molar-refractivity contribution is 6.23. The van der Waals surface area contributed by atoms with Crippen LogP contribution in [0.1, 0.15) is 12.0 Å². The molecule has 4 nitrogen and oxygen atoms in total. The molecule has 0 aliphatic carbocycles. The summed E-state index contributed by atoms with van der Waals surface area (Å²) in [7, 11) is 0. The molecule has 2 aromatic rings. The molecule has 1 fully saturated rings. The van der Waals surface area contributed by atoms with E-state index in [9.17, 15) is 14.0 Å². The van der Waals surface area contributed by atoms with Gasteiger partial charge in [0.1, 0.15) is 11.9 Å². The zero-order valence-electron chi connectivity index (χ0n) is 12.0. The molecule has 3 rings (SSSR count). The second kappa shape index (κ2) is 5.60. The molecule has 1 saturated heterocycles. The van der Waals surface area contributed by atoms with Gasteiger partial charge >= 0.3 is 0 Å². The molecule has 1 unspecified atom stereocenters. The predicted octanol–water partition coefficient (Wildman–Crippen LogP) is 2.88. The van der Waals surface area contributed by atoms with Crippen molar-refractivity contribution in [3.63, 3.8) is 0 Å². The Morgan fingerprint density at radius 3 is 2.45 bits per heavy atom. The molecule has 2 aromatic carbocycles. The lowest BCUT2D eigenvalue weighted by atomic mass is 10.2. The summed E-state index contributed by atoms with van der Waals surface area (Å²) in [6.07, 6.45) is 0.0878. The minimum Gasteiger partial charge on any atom is -0.373 e. The number of hydrogen-bond acceptors (Lipinski definition) is 3. The van der Waals surface area contributed by atoms with Crippen LogP contribution in [0.5, 0.6) is 0 Å². The molecule has 0 saturated carbocycles. The van der Waals surface area contributed by atoms with E-state index in [-0.39, 0.29) is 24.1 Å². The van der Waals surface area contributed by atoms with E-state index in [1.54, 1.807) is 24.3 Å². The van der Waals surface area contributed by atoms with Crippen LogP contribution in [-0.2, 0) is 9.59 Å². The first-order chi connectivity index (χ1) is 10.6. The van der Waals surface area contributed by atoms with Crippen LogP contribution in [0.3, 0.4) is 0 Å². The SMILES string of the molecule is Cc1ccccc1N1C(=O)CC(Nc2ccc(F)cc2)C1=O. The number of benzene rings is 2. The molecular formula is C17H15FN2O2. The van der Waals surface area contributed by atoms with E-state index in [4.69, 9.17) is 0 Å². The number of nitrogens with one attached hydrogen (secondary N) is 1. The number of halogens is 1. The monoisotopic (exact) mass is 298 g/mol. The van der Waals surface area contributed by atoms with E-state index in [0.29, 0.717) is 11.4 Å². The maximum atomic E-state index is 12.9. The highest BCUT2D eigenvalue weighted by atomic mass is 19.1. The Kier molecular flexibility index (Phi) is 3.63. The lowest BCUT2D eigenvalue weighted by Gasteiger charge is -2.18. The first-order valence-electron chi connectivity index (χ1n) is 7.01. The zero-order chi connectivity index (χ0) is 15.7. The molecule has 1 atom stereocenters. The molecule has 1 N–H and O–H groups in total. The fourth-order valence-corrected chi connectivity index (χ4v) is 2.56. The fourth-order valence-electron chi connectivity index (χ4n) is 2.56. The average Bonchev–Trinajstić information content (AvgIpc) is 2.77. The Bertz CT molecular complexity index is 728. The number of imide groups is 1. The van der Waals surface area contributed by atoms with Gasteiger partial charge in [-0.2, -0.15) is 0 Å². The second-order valence-corrected chi connectivity index (χ2v) is 5.26. The van der Waals surface area contributed by atoms with Crippen LogP contribution < -0.4 is 10.2 Å². The van der Waals surface area contributed by atoms with E-state index in [1.807, 2.05) is 19.1 Å². The Labute approximate surface area is 127 Å². The van der Waals surface area contributed by atoms with Crippen molar-refractivity contribution in [3.05, 3.63) is 59.9 Å². The van der Waals surface area contributed by atoms with Gasteiger partial charge in [0.05, 0.1) is 12.1 Å². The maximum Gasteiger partial charge on any atom is 0.256 e. The van der Waals surface area contributed by atoms with Gasteiger partial charge in [0.25, 0.3) is 5.91 Å². The number of amides is 2. The molecule has 0 radical (unpaired) electrons. The quantitative estimate of drug-likeness (QED) is 0.886. The Balaban J connectivity index is 1.82. The summed E-state index contributed by atoms with van der Waals surface area (Å²) in [5, 5.41) is 2.99. The highest BCUT2D eigenvalue weighted by Crippen LogP contribution is 2.27. The molecule has 112 valence electrons. The van der Waals surface area contributed by atoms with Crippen molar-refractivity contribution in [1.29, 1.82) is 0 Å². The largest absolute Gasteiger partial charge is 0.373 e. The Morgan fingerprint density at radius 2 is 1.77 bits per heavy atom. The van der Waals surface area contributed by atoms with Crippen LogP contribution >= 0.6 is 0 Å². The first kappa shape index (κ1) is 14.3. The van der Waals surface area contributed by atoms with Crippen molar-refractivity contribution < 1.29 is 14.0 Å². The predicted molar refractivity (Wildman–Crippen MR) is 82.1 cm³/mol. The van der Waals surface area contributed by atoms with E-state index < -0.39 is 6.04 Å². The molecule has 1 aliphatic heterocycles. The molecular weight excluding hydrogens is 283 g/mol. The van der Waals surface area contributed by atoms with Gasteiger partial charge in [0.2, 0.25) is 5.91 Å². The maximum absolute atomic E-state index is 12.9. The molecule has 0 spiro atoms. The second-order valence-electron chi connectivity index (χ2n) is 5.26. The van der Waals surface area contributed by atoms with Gasteiger partial charge in [-0.05, 0) is 42.8 Å². The average molecular weight is 298 g/mol. The zero-order valence-corrected chi connectivity index (χ0v) is 12.0. The third-order valence-corrected chi connectivity index (χ3v) is 3.69. The van der Waals surface area contributed by atoms with E-state index in [0.717, 1.165) is 5.56 Å². The minimum absolute atomic E-state index is 0.0878. The standard InChI is InChI=1S/C17H15FN2O2/c1-11-4-2-3-5-15(11)20-16(21)10-14(17(20)22)19-13-8-6-12(18)7-9-13/h2-9,14,19H,10H2,1H3. The first-order valence-corrected chi connectivity index (χ1v) is 7.01. The van der Waals surface area contributed by atoms with Crippen molar-refractivity contribution in [2.45, 2.75) is 19.4 Å². The van der Waals surface area contributed by atoms with Crippen LogP contribution in [0.15, 0.2) is 48.5 Å². The molecule has 22 heavy (non-hydrogen) atoms. The summed E-state index contributed by atoms with van der Waals surface area (Å²) in [4.78, 5) is 25.9. The van der Waals surface area contributed by atoms with Crippen molar-refractivity contribution in [2.24, 2.45) is 0 Å². The summed E-state index contributed by atoms with van der Waals surface area (Å²) in [5.74, 6) is -0.872. The van der Waals surface area contributed by atoms with Gasteiger partial charge in [0, 0.05) is 5.69 Å². The fraction of sp³-hybridized carbons (Fsp3) is 0.176. The number of carbonyl (C=O) groups excluding carboxylic acids is 2. The summed E-state index contributed by atoms with van der Waals surface area (Å²) in [6, 6.07) is 12.3. The van der Waals surface area contributed by atoms with Crippen LogP contribution in [0.2, 0.25) is 0 Å². The number of carbonyl (C=O) groups is 2. The topological polar surface area (TPSA) is 49.4 Å². The van der Waals surface area contributed by atoms with Crippen LogP contribution in [0, 0.1) is 12.7 Å². The van der Waals surface area contributed by atoms with E-state index in [1.165, 1.54) is 17.0 Å². The van der Waals surface area contributed by atoms with Crippen LogP contribution in [0.4, 0.5) is 15.8 Å². The Morgan fingerprint density at radius 1 is 1.09 bits per heavy atom. The lowest BCUT2D eigenvalue weighted by molar-refractivity contribution is -0.121. The van der Waals surface area contributed by atoms with Gasteiger partial charge < -0.3 is 5.32 Å². The number of para-hydroxylation sites is 1. The summed E-state index contributed by atoms with van der Waals surface area (Å²) in [6.45, 7) is 1.86. The normalized spacial score (nSPS) is 17.9. The van der Waals surface area contributed by atoms with Crippen molar-refractivity contribution >= 4 is 23.2 Å². The number of rotatable bonds is 3. The summed E-state index contributed by atoms with van der Waals surface area (Å²) in [5.41, 5.74) is 2.09. The third-order valence-electron chi connectivity index (χ3n) is 3.69. The van der Waals surface area contributed by atoms with Gasteiger partial charge in [-0.3, -0.25) is 9.59 Å². The molecule has 1 heterocycles. The highest BCUT2D eigenvalue weighted by Gasteiger charge is 2.39. The smallest absolute Gasteiger partial charge is 0.256 e. The van der Waals surface area contributed by atoms with Crippen molar-refractivity contribution in [1.82, 2.24) is 0 Å². The van der Waals surface area contributed by atoms with E-state index >= 15 is 0 Å². The lowest BCUT2D eigenvalue weighted by Crippen LogP contribution is -2.35. The third kappa shape index (κ3) is 2.57. The summed E-state index contributed by atoms with van der Waals surface area (Å²) < 4.78 is 12.9. The summed E-state index contributed by atoms with van der Waals surface area (Å²) >= 11 is 0. The van der Waals surface area contributed by atoms with Gasteiger partial charge in [-0.15, -0.1) is 0 Å². The molecule has 0 bridgehead atoms. The number of nitrogens with zero attached hydrogens (tertiary/aromatic N) is 1. The van der Waals surface area contributed by atoms with Crippen molar-refractivity contribution in [2.75, 3.05) is 10.2 Å². The molecule has 5 heteroatoms. The van der Waals surface area contributed by atoms with Crippen LogP contribution in [-0.4, -0.2) is 17.9 Å². The number of anilines is 2. The molecule has 1 aliphatic rings. The molecule has 0 aromatic heterocycles. The van der Waals surface area contributed by atoms with Gasteiger partial charge in [0.15, 0.2) is 0 Å². The molecule has 2 amide bonds. The number of aryl methyl sites for hydroxylation is 1. The van der Waals surface area contributed by atoms with E-state index in [2.05, 4.69) is 5.32 Å². The van der Waals surface area contributed by atoms with Crippen LogP contribution in [0.25, 0.3) is 0 Å². The van der Waals surface area contributed by atoms with Crippen molar-refractivity contribution in [3.8, 4) is 0 Å². The minimum atomic E-state index is -0.627. The van der Waals surface area contributed by atoms with Gasteiger partial charge in [-0.1, -0.05) is 18.2 Å².